The number of carbonyl (C=O) groups excluding carboxylic acids is 2. The number of carbonyl (C=O) groups is 2. The normalized spacial score (nSPS) is 26.4. The third kappa shape index (κ3) is 3.99. The maximum atomic E-state index is 13.6. The zero-order valence-corrected chi connectivity index (χ0v) is 20.1. The number of amidine groups is 1. The zero-order chi connectivity index (χ0) is 23.2. The maximum absolute atomic E-state index is 13.6. The average molecular weight is 503 g/mol. The summed E-state index contributed by atoms with van der Waals surface area (Å²) in [5.74, 6) is -0.177. The van der Waals surface area contributed by atoms with Gasteiger partial charge in [0.15, 0.2) is 0 Å². The van der Waals surface area contributed by atoms with E-state index in [0.717, 1.165) is 10.0 Å². The molecule has 170 valence electrons. The van der Waals surface area contributed by atoms with Crippen LogP contribution in [0.1, 0.15) is 50.1 Å². The second-order valence-corrected chi connectivity index (χ2v) is 9.96. The van der Waals surface area contributed by atoms with Crippen LogP contribution in [-0.4, -0.2) is 51.5 Å². The second-order valence-electron chi connectivity index (χ2n) is 9.05. The van der Waals surface area contributed by atoms with Gasteiger partial charge in [-0.25, -0.2) is 0 Å². The lowest BCUT2D eigenvalue weighted by Crippen LogP contribution is -2.51. The van der Waals surface area contributed by atoms with Gasteiger partial charge in [-0.1, -0.05) is 47.1 Å². The number of aryl methyl sites for hydroxylation is 1. The van der Waals surface area contributed by atoms with Crippen LogP contribution < -0.4 is 5.32 Å². The number of likely N-dealkylation sites (tertiary alicyclic amines) is 1. The van der Waals surface area contributed by atoms with E-state index in [9.17, 15) is 14.7 Å². The van der Waals surface area contributed by atoms with Crippen LogP contribution in [0, 0.1) is 12.8 Å². The van der Waals surface area contributed by atoms with Gasteiger partial charge in [0.05, 0.1) is 17.8 Å². The minimum atomic E-state index is -1.03. The molecule has 1 aromatic carbocycles. The monoisotopic (exact) mass is 502 g/mol. The highest BCUT2D eigenvalue weighted by Gasteiger charge is 2.48. The van der Waals surface area contributed by atoms with Crippen molar-refractivity contribution in [3.63, 3.8) is 0 Å². The first kappa shape index (κ1) is 22.7. The Kier molecular flexibility index (Phi) is 5.98. The molecule has 2 amide bonds. The summed E-state index contributed by atoms with van der Waals surface area (Å²) in [6.45, 7) is 7.65. The predicted octanol–water partition coefficient (Wildman–Crippen LogP) is 2.89. The van der Waals surface area contributed by atoms with Crippen LogP contribution in [-0.2, 0) is 15.1 Å². The Hall–Kier alpha value is -2.52. The van der Waals surface area contributed by atoms with Crippen molar-refractivity contribution < 1.29 is 19.2 Å². The van der Waals surface area contributed by atoms with E-state index < -0.39 is 23.6 Å². The standard InChI is InChI=1S/C23H27BrN4O4/c1-12(2)19(18-9-13(3)27-32-18)21(30)28-11-16(29)10-17(28)20-25-22(31)23(4,26-20)14-5-7-15(24)8-6-14/h5-9,12,16-17,19,29H,10-11H2,1-4H3,(H,25,26,31)/t16-,17-,19-,23+/m1/s1. The molecule has 8 nitrogen and oxygen atoms in total. The lowest BCUT2D eigenvalue weighted by molar-refractivity contribution is -0.134. The van der Waals surface area contributed by atoms with Crippen molar-refractivity contribution in [1.29, 1.82) is 0 Å². The maximum Gasteiger partial charge on any atom is 0.277 e. The van der Waals surface area contributed by atoms with Gasteiger partial charge < -0.3 is 19.8 Å². The lowest BCUT2D eigenvalue weighted by atomic mass is 9.91. The number of aliphatic hydroxyl groups is 1. The number of aliphatic imine (C=N–C) groups is 1. The van der Waals surface area contributed by atoms with Crippen molar-refractivity contribution in [1.82, 2.24) is 15.4 Å². The summed E-state index contributed by atoms with van der Waals surface area (Å²) in [4.78, 5) is 32.4. The van der Waals surface area contributed by atoms with Crippen LogP contribution in [0.3, 0.4) is 0 Å². The van der Waals surface area contributed by atoms with E-state index in [2.05, 4.69) is 31.4 Å². The molecule has 0 spiro atoms. The average Bonchev–Trinajstić information content (AvgIpc) is 3.40. The topological polar surface area (TPSA) is 108 Å². The molecule has 4 atom stereocenters. The first-order valence-corrected chi connectivity index (χ1v) is 11.5. The number of amides is 2. The predicted molar refractivity (Wildman–Crippen MR) is 122 cm³/mol. The van der Waals surface area contributed by atoms with Crippen LogP contribution in [0.15, 0.2) is 44.3 Å². The molecule has 1 saturated heterocycles. The smallest absolute Gasteiger partial charge is 0.277 e. The van der Waals surface area contributed by atoms with Crippen molar-refractivity contribution in [3.05, 3.63) is 51.8 Å². The molecule has 2 aliphatic rings. The number of halogens is 1. The Bertz CT molecular complexity index is 1060. The molecule has 0 aliphatic carbocycles. The number of hydrogen-bond acceptors (Lipinski definition) is 6. The van der Waals surface area contributed by atoms with Gasteiger partial charge in [-0.15, -0.1) is 0 Å². The van der Waals surface area contributed by atoms with Crippen molar-refractivity contribution in [2.75, 3.05) is 6.54 Å². The molecule has 1 aromatic heterocycles. The van der Waals surface area contributed by atoms with Gasteiger partial charge in [0.2, 0.25) is 5.91 Å². The summed E-state index contributed by atoms with van der Waals surface area (Å²) in [5.41, 5.74) is 0.449. The molecule has 32 heavy (non-hydrogen) atoms. The number of benzene rings is 1. The van der Waals surface area contributed by atoms with Gasteiger partial charge >= 0.3 is 0 Å². The molecular weight excluding hydrogens is 476 g/mol. The summed E-state index contributed by atoms with van der Waals surface area (Å²) >= 11 is 3.41. The highest BCUT2D eigenvalue weighted by atomic mass is 79.9. The largest absolute Gasteiger partial charge is 0.391 e. The number of aliphatic hydroxyl groups excluding tert-OH is 1. The number of nitrogens with one attached hydrogen (secondary N) is 1. The molecule has 2 aliphatic heterocycles. The van der Waals surface area contributed by atoms with Gasteiger partial charge in [0.1, 0.15) is 23.1 Å². The first-order valence-electron chi connectivity index (χ1n) is 10.7. The van der Waals surface area contributed by atoms with Crippen LogP contribution in [0.2, 0.25) is 0 Å². The second kappa shape index (κ2) is 8.44. The summed E-state index contributed by atoms with van der Waals surface area (Å²) in [7, 11) is 0. The molecule has 4 rings (SSSR count). The van der Waals surface area contributed by atoms with Gasteiger partial charge in [0, 0.05) is 23.5 Å². The van der Waals surface area contributed by atoms with E-state index >= 15 is 0 Å². The molecule has 1 fully saturated rings. The fourth-order valence-electron chi connectivity index (χ4n) is 4.46. The number of rotatable bonds is 5. The minimum absolute atomic E-state index is 0.0404. The SMILES string of the molecule is Cc1cc([C@H](C(=O)N2C[C@H](O)C[C@@H]2C2=NC(=O)[C@](C)(c3ccc(Br)cc3)N2)C(C)C)on1. The molecule has 9 heteroatoms. The molecule has 2 N–H and O–H groups in total. The summed E-state index contributed by atoms with van der Waals surface area (Å²) in [6, 6.07) is 8.71. The van der Waals surface area contributed by atoms with Crippen molar-refractivity contribution in [2.24, 2.45) is 10.9 Å². The Morgan fingerprint density at radius 1 is 1.34 bits per heavy atom. The Balaban J connectivity index is 1.61. The minimum Gasteiger partial charge on any atom is -0.391 e. The van der Waals surface area contributed by atoms with Crippen LogP contribution in [0.4, 0.5) is 0 Å². The molecular formula is C23H27BrN4O4. The van der Waals surface area contributed by atoms with E-state index in [1.165, 1.54) is 0 Å². The van der Waals surface area contributed by atoms with E-state index in [4.69, 9.17) is 4.52 Å². The van der Waals surface area contributed by atoms with Crippen molar-refractivity contribution in [3.8, 4) is 0 Å². The van der Waals surface area contributed by atoms with E-state index in [0.29, 0.717) is 23.7 Å². The van der Waals surface area contributed by atoms with Gasteiger partial charge in [-0.05, 0) is 37.5 Å². The van der Waals surface area contributed by atoms with Crippen molar-refractivity contribution >= 4 is 33.6 Å². The molecule has 0 radical (unpaired) electrons. The number of nitrogens with zero attached hydrogens (tertiary/aromatic N) is 3. The molecule has 3 heterocycles. The molecule has 0 unspecified atom stereocenters. The Morgan fingerprint density at radius 2 is 2.03 bits per heavy atom. The fourth-order valence-corrected chi connectivity index (χ4v) is 4.72. The third-order valence-corrected chi connectivity index (χ3v) is 6.74. The Morgan fingerprint density at radius 3 is 2.62 bits per heavy atom. The van der Waals surface area contributed by atoms with E-state index in [1.807, 2.05) is 45.0 Å². The quantitative estimate of drug-likeness (QED) is 0.650. The highest BCUT2D eigenvalue weighted by Crippen LogP contribution is 2.34. The first-order chi connectivity index (χ1) is 15.1. The highest BCUT2D eigenvalue weighted by molar-refractivity contribution is 9.10. The fraction of sp³-hybridized carbons (Fsp3) is 0.478. The van der Waals surface area contributed by atoms with E-state index in [1.54, 1.807) is 17.9 Å². The zero-order valence-electron chi connectivity index (χ0n) is 18.5. The summed E-state index contributed by atoms with van der Waals surface area (Å²) in [5, 5.41) is 17.6. The molecule has 0 saturated carbocycles. The van der Waals surface area contributed by atoms with Crippen LogP contribution in [0.5, 0.6) is 0 Å². The lowest BCUT2D eigenvalue weighted by Gasteiger charge is -2.31. The van der Waals surface area contributed by atoms with Crippen LogP contribution in [0.25, 0.3) is 0 Å². The summed E-state index contributed by atoms with van der Waals surface area (Å²) < 4.78 is 6.32. The number of β-amino-alcohol motifs (C(OH)–C–C–N with tert-alkyl or cyclic N) is 1. The van der Waals surface area contributed by atoms with Gasteiger partial charge in [-0.2, -0.15) is 4.99 Å². The van der Waals surface area contributed by atoms with Gasteiger partial charge in [0.25, 0.3) is 5.91 Å². The summed E-state index contributed by atoms with van der Waals surface area (Å²) in [6.07, 6.45) is -0.394. The number of hydrogen-bond donors (Lipinski definition) is 2. The number of aromatic nitrogens is 1. The van der Waals surface area contributed by atoms with E-state index in [-0.39, 0.29) is 24.3 Å². The van der Waals surface area contributed by atoms with Gasteiger partial charge in [-0.3, -0.25) is 9.59 Å². The molecule has 2 aromatic rings. The van der Waals surface area contributed by atoms with Crippen LogP contribution >= 0.6 is 15.9 Å². The molecule has 0 bridgehead atoms. The Labute approximate surface area is 195 Å². The van der Waals surface area contributed by atoms with Crippen molar-refractivity contribution in [2.45, 2.75) is 57.7 Å². The third-order valence-electron chi connectivity index (χ3n) is 6.21.